The fourth-order valence-corrected chi connectivity index (χ4v) is 7.03. The molecule has 52 heavy (non-hydrogen) atoms. The molecule has 0 radical (unpaired) electrons. The highest BCUT2D eigenvalue weighted by atomic mass is 31.2. The van der Waals surface area contributed by atoms with Gasteiger partial charge in [-0.1, -0.05) is 156 Å². The SMILES string of the molecule is C/C(=C\C(=O)OCC(COP(=O)(O)O)OC(=O)/C=C(\C)CCCC(C)CCCC(C)CCCC(C)C)CCCC(C)CCCC(C)CCCC(C)C. The van der Waals surface area contributed by atoms with Crippen LogP contribution in [0.15, 0.2) is 23.3 Å². The maximum Gasteiger partial charge on any atom is 0.469 e. The van der Waals surface area contributed by atoms with Crippen LogP contribution in [0, 0.1) is 35.5 Å². The Morgan fingerprint density at radius 3 is 1.25 bits per heavy atom. The Labute approximate surface area is 319 Å². The van der Waals surface area contributed by atoms with E-state index < -0.39 is 32.5 Å². The number of carbonyl (C=O) groups excluding carboxylic acids is 2. The first kappa shape index (κ1) is 50.5. The minimum Gasteiger partial charge on any atom is -0.458 e. The maximum atomic E-state index is 12.7. The number of allylic oxidation sites excluding steroid dienone is 2. The van der Waals surface area contributed by atoms with Crippen LogP contribution in [0.2, 0.25) is 0 Å². The predicted octanol–water partition coefficient (Wildman–Crippen LogP) is 12.3. The van der Waals surface area contributed by atoms with E-state index in [1.54, 1.807) is 0 Å². The molecule has 0 heterocycles. The van der Waals surface area contributed by atoms with Gasteiger partial charge in [-0.05, 0) is 75.0 Å². The Hall–Kier alpha value is -1.47. The second kappa shape index (κ2) is 29.8. The summed E-state index contributed by atoms with van der Waals surface area (Å²) in [4.78, 5) is 43.5. The molecule has 306 valence electrons. The first-order valence-corrected chi connectivity index (χ1v) is 22.3. The molecule has 0 amide bonds. The van der Waals surface area contributed by atoms with Gasteiger partial charge in [0, 0.05) is 12.2 Å². The third-order valence-corrected chi connectivity index (χ3v) is 10.6. The molecule has 0 aromatic heterocycles. The van der Waals surface area contributed by atoms with Gasteiger partial charge >= 0.3 is 19.8 Å². The minimum absolute atomic E-state index is 0.373. The largest absolute Gasteiger partial charge is 0.469 e. The highest BCUT2D eigenvalue weighted by Gasteiger charge is 2.22. The molecule has 0 fully saturated rings. The first-order valence-electron chi connectivity index (χ1n) is 20.8. The zero-order valence-corrected chi connectivity index (χ0v) is 36.0. The van der Waals surface area contributed by atoms with Gasteiger partial charge in [0.25, 0.3) is 0 Å². The van der Waals surface area contributed by atoms with E-state index in [2.05, 4.69) is 59.9 Å². The van der Waals surface area contributed by atoms with E-state index in [1.165, 1.54) is 89.2 Å². The van der Waals surface area contributed by atoms with Crippen molar-refractivity contribution in [2.24, 2.45) is 35.5 Å². The van der Waals surface area contributed by atoms with Gasteiger partial charge in [-0.25, -0.2) is 14.2 Å². The molecule has 0 spiro atoms. The molecule has 2 N–H and O–H groups in total. The summed E-state index contributed by atoms with van der Waals surface area (Å²) in [7, 11) is -4.81. The number of hydrogen-bond acceptors (Lipinski definition) is 6. The van der Waals surface area contributed by atoms with Crippen molar-refractivity contribution in [1.82, 2.24) is 0 Å². The second-order valence-electron chi connectivity index (χ2n) is 17.2. The van der Waals surface area contributed by atoms with Crippen molar-refractivity contribution >= 4 is 19.8 Å². The molecule has 8 nitrogen and oxygen atoms in total. The van der Waals surface area contributed by atoms with Crippen molar-refractivity contribution in [3.8, 4) is 0 Å². The lowest BCUT2D eigenvalue weighted by Crippen LogP contribution is -2.28. The normalized spacial score (nSPS) is 15.8. The monoisotopic (exact) mass is 757 g/mol. The molecule has 5 unspecified atom stereocenters. The average Bonchev–Trinajstić information content (AvgIpc) is 3.01. The number of ether oxygens (including phenoxy) is 2. The topological polar surface area (TPSA) is 119 Å². The van der Waals surface area contributed by atoms with Crippen LogP contribution in [0.4, 0.5) is 0 Å². The molecule has 5 atom stereocenters. The molecule has 0 rings (SSSR count). The summed E-state index contributed by atoms with van der Waals surface area (Å²) in [5, 5.41) is 0. The summed E-state index contributed by atoms with van der Waals surface area (Å²) >= 11 is 0. The van der Waals surface area contributed by atoms with E-state index in [0.717, 1.165) is 73.3 Å². The van der Waals surface area contributed by atoms with Gasteiger partial charge in [-0.15, -0.1) is 0 Å². The number of rotatable bonds is 32. The molecule has 9 heteroatoms. The molecular weight excluding hydrogens is 675 g/mol. The smallest absolute Gasteiger partial charge is 0.458 e. The highest BCUT2D eigenvalue weighted by Crippen LogP contribution is 2.36. The van der Waals surface area contributed by atoms with Gasteiger partial charge in [0.1, 0.15) is 6.61 Å². The highest BCUT2D eigenvalue weighted by molar-refractivity contribution is 7.46. The number of hydrogen-bond donors (Lipinski definition) is 2. The van der Waals surface area contributed by atoms with Crippen LogP contribution in [0.3, 0.4) is 0 Å². The first-order chi connectivity index (χ1) is 24.4. The maximum absolute atomic E-state index is 12.7. The number of phosphoric ester groups is 1. The third-order valence-electron chi connectivity index (χ3n) is 10.1. The lowest BCUT2D eigenvalue weighted by Gasteiger charge is -2.17. The van der Waals surface area contributed by atoms with Crippen molar-refractivity contribution in [3.63, 3.8) is 0 Å². The number of esters is 2. The molecule has 0 aromatic carbocycles. The van der Waals surface area contributed by atoms with Crippen molar-refractivity contribution in [2.45, 2.75) is 191 Å². The molecule has 0 bridgehead atoms. The van der Waals surface area contributed by atoms with E-state index in [4.69, 9.17) is 9.47 Å². The van der Waals surface area contributed by atoms with E-state index in [-0.39, 0.29) is 6.61 Å². The Kier molecular flexibility index (Phi) is 29.0. The zero-order valence-electron chi connectivity index (χ0n) is 35.1. The summed E-state index contributed by atoms with van der Waals surface area (Å²) in [6.07, 6.45) is 22.8. The fourth-order valence-electron chi connectivity index (χ4n) is 6.67. The minimum atomic E-state index is -4.81. The summed E-state index contributed by atoms with van der Waals surface area (Å²) in [5.41, 5.74) is 1.76. The lowest BCUT2D eigenvalue weighted by atomic mass is 9.91. The Morgan fingerprint density at radius 2 is 0.885 bits per heavy atom. The molecular formula is C43H81O8P. The number of carbonyl (C=O) groups is 2. The molecule has 0 aliphatic carbocycles. The van der Waals surface area contributed by atoms with Crippen LogP contribution in [0.1, 0.15) is 185 Å². The molecule has 0 aliphatic rings. The second-order valence-corrected chi connectivity index (χ2v) is 18.4. The van der Waals surface area contributed by atoms with Crippen molar-refractivity contribution in [3.05, 3.63) is 23.3 Å². The van der Waals surface area contributed by atoms with Gasteiger partial charge in [-0.2, -0.15) is 0 Å². The van der Waals surface area contributed by atoms with Crippen molar-refractivity contribution in [1.29, 1.82) is 0 Å². The van der Waals surface area contributed by atoms with Crippen LogP contribution < -0.4 is 0 Å². The van der Waals surface area contributed by atoms with E-state index in [1.807, 2.05) is 13.8 Å². The van der Waals surface area contributed by atoms with Crippen LogP contribution >= 0.6 is 7.82 Å². The van der Waals surface area contributed by atoms with Crippen LogP contribution in [-0.4, -0.2) is 41.0 Å². The zero-order chi connectivity index (χ0) is 39.5. The van der Waals surface area contributed by atoms with Gasteiger partial charge in [0.15, 0.2) is 6.10 Å². The van der Waals surface area contributed by atoms with Crippen molar-refractivity contribution < 1.29 is 37.9 Å². The van der Waals surface area contributed by atoms with E-state index in [9.17, 15) is 23.9 Å². The summed E-state index contributed by atoms with van der Waals surface area (Å²) in [6, 6.07) is 0. The molecule has 0 aromatic rings. The Morgan fingerprint density at radius 1 is 0.538 bits per heavy atom. The van der Waals surface area contributed by atoms with Gasteiger partial charge < -0.3 is 19.3 Å². The van der Waals surface area contributed by atoms with Gasteiger partial charge in [-0.3, -0.25) is 4.52 Å². The van der Waals surface area contributed by atoms with Crippen LogP contribution in [0.25, 0.3) is 0 Å². The molecule has 0 aliphatic heterocycles. The van der Waals surface area contributed by atoms with Crippen molar-refractivity contribution in [2.75, 3.05) is 13.2 Å². The van der Waals surface area contributed by atoms with E-state index >= 15 is 0 Å². The fraction of sp³-hybridized carbons (Fsp3) is 0.860. The summed E-state index contributed by atoms with van der Waals surface area (Å²) in [5.74, 6) is 3.15. The van der Waals surface area contributed by atoms with Crippen LogP contribution in [0.5, 0.6) is 0 Å². The molecule has 0 saturated carbocycles. The Balaban J connectivity index is 4.61. The van der Waals surface area contributed by atoms with Gasteiger partial charge in [0.05, 0.1) is 6.61 Å². The lowest BCUT2D eigenvalue weighted by molar-refractivity contribution is -0.154. The van der Waals surface area contributed by atoms with Crippen LogP contribution in [-0.2, 0) is 28.2 Å². The predicted molar refractivity (Wildman–Crippen MR) is 216 cm³/mol. The molecule has 0 saturated heterocycles. The summed E-state index contributed by atoms with van der Waals surface area (Å²) in [6.45, 7) is 21.3. The standard InChI is InChI=1S/C43H81O8P/c1-33(2)17-11-19-35(5)21-13-23-37(7)25-15-27-39(9)29-42(44)49-31-41(32-50-52(46,47)48)51-43(45)30-40(10)28-16-26-38(8)24-14-22-36(6)20-12-18-34(3)4/h29-30,33-38,41H,11-28,31-32H2,1-10H3,(H2,46,47,48)/b39-29+,40-30+. The van der Waals surface area contributed by atoms with Gasteiger partial charge in [0.2, 0.25) is 0 Å². The van der Waals surface area contributed by atoms with E-state index in [0.29, 0.717) is 11.8 Å². The third kappa shape index (κ3) is 33.1. The quantitative estimate of drug-likeness (QED) is 0.0395. The number of phosphoric acid groups is 1. The summed E-state index contributed by atoms with van der Waals surface area (Å²) < 4.78 is 26.6. The Bertz CT molecular complexity index is 1050. The average molecular weight is 757 g/mol.